The van der Waals surface area contributed by atoms with E-state index in [4.69, 9.17) is 16.3 Å². The third kappa shape index (κ3) is 3.21. The topological polar surface area (TPSA) is 22.1 Å². The summed E-state index contributed by atoms with van der Waals surface area (Å²) in [6.45, 7) is 2.46. The molecular weight excluding hydrogens is 322 g/mol. The van der Waals surface area contributed by atoms with E-state index < -0.39 is 0 Å². The van der Waals surface area contributed by atoms with E-state index in [1.165, 1.54) is 0 Å². The fourth-order valence-corrected chi connectivity index (χ4v) is 3.00. The average Bonchev–Trinajstić information content (AvgIpc) is 2.72. The van der Waals surface area contributed by atoms with Gasteiger partial charge in [0.2, 0.25) is 0 Å². The first-order valence-corrected chi connectivity index (χ1v) is 7.45. The van der Waals surface area contributed by atoms with Gasteiger partial charge in [-0.2, -0.15) is 0 Å². The molecule has 0 bridgehead atoms. The Hall–Kier alpha value is -0.580. The summed E-state index contributed by atoms with van der Waals surface area (Å²) in [7, 11) is 0. The maximum Gasteiger partial charge on any atom is 0.131 e. The summed E-state index contributed by atoms with van der Waals surface area (Å²) < 4.78 is 5.74. The van der Waals surface area contributed by atoms with Crippen molar-refractivity contribution in [1.82, 2.24) is 4.98 Å². The Kier molecular flexibility index (Phi) is 4.42. The number of benzene rings is 1. The van der Waals surface area contributed by atoms with Crippen molar-refractivity contribution in [2.24, 2.45) is 0 Å². The molecule has 0 saturated carbocycles. The van der Waals surface area contributed by atoms with Gasteiger partial charge in [-0.15, -0.1) is 11.3 Å². The van der Waals surface area contributed by atoms with Gasteiger partial charge >= 0.3 is 0 Å². The van der Waals surface area contributed by atoms with Gasteiger partial charge in [0.1, 0.15) is 12.4 Å². The zero-order chi connectivity index (χ0) is 12.3. The van der Waals surface area contributed by atoms with Gasteiger partial charge < -0.3 is 4.74 Å². The number of hydrogen-bond donors (Lipinski definition) is 0. The summed E-state index contributed by atoms with van der Waals surface area (Å²) in [6.07, 6.45) is 0. The van der Waals surface area contributed by atoms with Gasteiger partial charge in [0.25, 0.3) is 0 Å². The predicted molar refractivity (Wildman–Crippen MR) is 75.3 cm³/mol. The largest absolute Gasteiger partial charge is 0.487 e. The molecule has 0 atom stereocenters. The smallest absolute Gasteiger partial charge is 0.131 e. The second-order valence-electron chi connectivity index (χ2n) is 3.50. The quantitative estimate of drug-likeness (QED) is 0.765. The third-order valence-electron chi connectivity index (χ3n) is 2.25. The molecule has 0 aliphatic heterocycles. The highest BCUT2D eigenvalue weighted by Gasteiger charge is 2.07. The van der Waals surface area contributed by atoms with Crippen molar-refractivity contribution in [2.45, 2.75) is 18.9 Å². The Morgan fingerprint density at radius 2 is 2.29 bits per heavy atom. The normalized spacial score (nSPS) is 10.5. The van der Waals surface area contributed by atoms with Gasteiger partial charge in [-0.25, -0.2) is 4.98 Å². The van der Waals surface area contributed by atoms with Crippen molar-refractivity contribution >= 4 is 38.9 Å². The standard InChI is InChI=1S/C12H11BrClNOS/c1-8-15-9(7-17-8)6-16-12-4-2-3-11(14)10(12)5-13/h2-4,7H,5-6H2,1H3. The molecular formula is C12H11BrClNOS. The molecule has 0 radical (unpaired) electrons. The Balaban J connectivity index is 2.11. The Labute approximate surface area is 118 Å². The molecule has 0 saturated heterocycles. The third-order valence-corrected chi connectivity index (χ3v) is 3.99. The van der Waals surface area contributed by atoms with Crippen LogP contribution in [-0.2, 0) is 11.9 Å². The van der Waals surface area contributed by atoms with Crippen LogP contribution in [0.25, 0.3) is 0 Å². The number of rotatable bonds is 4. The van der Waals surface area contributed by atoms with Gasteiger partial charge in [0.05, 0.1) is 10.7 Å². The zero-order valence-electron chi connectivity index (χ0n) is 9.24. The SMILES string of the molecule is Cc1nc(COc2cccc(Cl)c2CBr)cs1. The molecule has 1 aromatic carbocycles. The molecule has 0 aliphatic carbocycles. The van der Waals surface area contributed by atoms with Crippen LogP contribution in [-0.4, -0.2) is 4.98 Å². The van der Waals surface area contributed by atoms with E-state index in [-0.39, 0.29) is 0 Å². The van der Waals surface area contributed by atoms with Crippen LogP contribution in [0.2, 0.25) is 5.02 Å². The minimum absolute atomic E-state index is 0.477. The van der Waals surface area contributed by atoms with Crippen LogP contribution in [0.4, 0.5) is 0 Å². The maximum atomic E-state index is 6.09. The number of thiazole rings is 1. The molecule has 2 aromatic rings. The van der Waals surface area contributed by atoms with Crippen LogP contribution in [0.3, 0.4) is 0 Å². The van der Waals surface area contributed by atoms with Crippen LogP contribution >= 0.6 is 38.9 Å². The number of aryl methyl sites for hydroxylation is 1. The van der Waals surface area contributed by atoms with E-state index >= 15 is 0 Å². The number of alkyl halides is 1. The van der Waals surface area contributed by atoms with Crippen LogP contribution in [0.5, 0.6) is 5.75 Å². The Morgan fingerprint density at radius 1 is 1.47 bits per heavy atom. The van der Waals surface area contributed by atoms with Gasteiger partial charge in [-0.1, -0.05) is 33.6 Å². The van der Waals surface area contributed by atoms with E-state index in [0.29, 0.717) is 17.0 Å². The summed E-state index contributed by atoms with van der Waals surface area (Å²) >= 11 is 11.1. The molecule has 2 nitrogen and oxygen atoms in total. The average molecular weight is 333 g/mol. The summed E-state index contributed by atoms with van der Waals surface area (Å²) in [5, 5.41) is 4.45. The molecule has 0 amide bonds. The van der Waals surface area contributed by atoms with Gasteiger partial charge in [0.15, 0.2) is 0 Å². The summed E-state index contributed by atoms with van der Waals surface area (Å²) in [4.78, 5) is 4.35. The molecule has 1 aromatic heterocycles. The highest BCUT2D eigenvalue weighted by Crippen LogP contribution is 2.29. The highest BCUT2D eigenvalue weighted by molar-refractivity contribution is 9.08. The van der Waals surface area contributed by atoms with Crippen molar-refractivity contribution in [3.8, 4) is 5.75 Å². The second-order valence-corrected chi connectivity index (χ2v) is 5.53. The molecule has 0 aliphatic rings. The first-order valence-electron chi connectivity index (χ1n) is 5.08. The highest BCUT2D eigenvalue weighted by atomic mass is 79.9. The first-order chi connectivity index (χ1) is 8.20. The van der Waals surface area contributed by atoms with E-state index in [2.05, 4.69) is 20.9 Å². The van der Waals surface area contributed by atoms with E-state index in [1.807, 2.05) is 30.5 Å². The number of aromatic nitrogens is 1. The van der Waals surface area contributed by atoms with E-state index in [1.54, 1.807) is 11.3 Å². The van der Waals surface area contributed by atoms with Crippen molar-refractivity contribution < 1.29 is 4.74 Å². The molecule has 0 unspecified atom stereocenters. The lowest BCUT2D eigenvalue weighted by atomic mass is 10.2. The van der Waals surface area contributed by atoms with Gasteiger partial charge in [0, 0.05) is 21.3 Å². The molecule has 0 fully saturated rings. The lowest BCUT2D eigenvalue weighted by molar-refractivity contribution is 0.300. The zero-order valence-corrected chi connectivity index (χ0v) is 12.4. The second kappa shape index (κ2) is 5.85. The summed E-state index contributed by atoms with van der Waals surface area (Å²) in [5.74, 6) is 0.806. The lowest BCUT2D eigenvalue weighted by Gasteiger charge is -2.10. The van der Waals surface area contributed by atoms with Crippen molar-refractivity contribution in [3.05, 3.63) is 44.9 Å². The minimum Gasteiger partial charge on any atom is -0.487 e. The molecule has 1 heterocycles. The first kappa shape index (κ1) is 12.9. The molecule has 0 spiro atoms. The Bertz CT molecular complexity index is 515. The monoisotopic (exact) mass is 331 g/mol. The summed E-state index contributed by atoms with van der Waals surface area (Å²) in [6, 6.07) is 5.66. The van der Waals surface area contributed by atoms with E-state index in [0.717, 1.165) is 22.0 Å². The predicted octanol–water partition coefficient (Wildman–Crippen LogP) is 4.58. The van der Waals surface area contributed by atoms with Crippen molar-refractivity contribution in [1.29, 1.82) is 0 Å². The molecule has 5 heteroatoms. The van der Waals surface area contributed by atoms with Crippen LogP contribution in [0.1, 0.15) is 16.3 Å². The van der Waals surface area contributed by atoms with Crippen LogP contribution in [0.15, 0.2) is 23.6 Å². The van der Waals surface area contributed by atoms with Crippen molar-refractivity contribution in [3.63, 3.8) is 0 Å². The maximum absolute atomic E-state index is 6.09. The van der Waals surface area contributed by atoms with Gasteiger partial charge in [-0.3, -0.25) is 0 Å². The van der Waals surface area contributed by atoms with Gasteiger partial charge in [-0.05, 0) is 19.1 Å². The molecule has 90 valence electrons. The van der Waals surface area contributed by atoms with Crippen LogP contribution in [0, 0.1) is 6.92 Å². The Morgan fingerprint density at radius 3 is 2.94 bits per heavy atom. The lowest BCUT2D eigenvalue weighted by Crippen LogP contribution is -1.98. The molecule has 0 N–H and O–H groups in total. The summed E-state index contributed by atoms with van der Waals surface area (Å²) in [5.41, 5.74) is 1.93. The van der Waals surface area contributed by atoms with Crippen LogP contribution < -0.4 is 4.74 Å². The molecule has 2 rings (SSSR count). The number of nitrogens with zero attached hydrogens (tertiary/aromatic N) is 1. The molecule has 17 heavy (non-hydrogen) atoms. The van der Waals surface area contributed by atoms with Crippen molar-refractivity contribution in [2.75, 3.05) is 0 Å². The fraction of sp³-hybridized carbons (Fsp3) is 0.250. The number of hydrogen-bond acceptors (Lipinski definition) is 3. The minimum atomic E-state index is 0.477. The number of halogens is 2. The fourth-order valence-electron chi connectivity index (χ4n) is 1.43. The number of ether oxygens (including phenoxy) is 1. The van der Waals surface area contributed by atoms with E-state index in [9.17, 15) is 0 Å².